The maximum absolute atomic E-state index is 3.77. The largest absolute Gasteiger partial charge is 0.311 e. The van der Waals surface area contributed by atoms with Crippen LogP contribution in [0.4, 0.5) is 0 Å². The van der Waals surface area contributed by atoms with Gasteiger partial charge in [-0.2, -0.15) is 0 Å². The number of nitrogens with one attached hydrogen (secondary N) is 1. The summed E-state index contributed by atoms with van der Waals surface area (Å²) in [6.07, 6.45) is 3.83. The molecule has 2 heteroatoms. The molecule has 0 amide bonds. The van der Waals surface area contributed by atoms with Crippen LogP contribution in [-0.2, 0) is 0 Å². The molecule has 1 aliphatic rings. The molecule has 2 atom stereocenters. The van der Waals surface area contributed by atoms with Gasteiger partial charge in [0.05, 0.1) is 0 Å². The van der Waals surface area contributed by atoms with Crippen molar-refractivity contribution in [1.82, 2.24) is 10.2 Å². The van der Waals surface area contributed by atoms with Crippen molar-refractivity contribution >= 4 is 0 Å². The summed E-state index contributed by atoms with van der Waals surface area (Å²) in [6.45, 7) is 21.4. The van der Waals surface area contributed by atoms with Gasteiger partial charge in [0.15, 0.2) is 0 Å². The van der Waals surface area contributed by atoms with Crippen molar-refractivity contribution in [1.29, 1.82) is 0 Å². The highest BCUT2D eigenvalue weighted by Crippen LogP contribution is 2.35. The zero-order chi connectivity index (χ0) is 15.6. The monoisotopic (exact) mass is 282 g/mol. The molecule has 0 radical (unpaired) electrons. The first-order chi connectivity index (χ1) is 9.07. The van der Waals surface area contributed by atoms with E-state index >= 15 is 0 Å². The smallest absolute Gasteiger partial charge is 0.0249 e. The van der Waals surface area contributed by atoms with E-state index in [-0.39, 0.29) is 5.54 Å². The van der Waals surface area contributed by atoms with E-state index in [1.165, 1.54) is 25.8 Å². The second-order valence-electron chi connectivity index (χ2n) is 8.91. The van der Waals surface area contributed by atoms with Crippen molar-refractivity contribution in [2.24, 2.45) is 11.3 Å². The topological polar surface area (TPSA) is 15.3 Å². The molecule has 1 N–H and O–H groups in total. The third-order valence-corrected chi connectivity index (χ3v) is 4.58. The SMILES string of the molecule is CCCC1CN(C(C)(C)CC(C)(C)C)C(C(C)C)CN1. The first-order valence-corrected chi connectivity index (χ1v) is 8.57. The molecule has 1 rings (SSSR count). The van der Waals surface area contributed by atoms with Crippen molar-refractivity contribution in [2.75, 3.05) is 13.1 Å². The third-order valence-electron chi connectivity index (χ3n) is 4.58. The van der Waals surface area contributed by atoms with Crippen LogP contribution in [0.3, 0.4) is 0 Å². The molecule has 20 heavy (non-hydrogen) atoms. The minimum atomic E-state index is 0.279. The number of hydrogen-bond donors (Lipinski definition) is 1. The Balaban J connectivity index is 2.87. The van der Waals surface area contributed by atoms with E-state index in [9.17, 15) is 0 Å². The van der Waals surface area contributed by atoms with Gasteiger partial charge >= 0.3 is 0 Å². The lowest BCUT2D eigenvalue weighted by Gasteiger charge is -2.52. The number of piperazine rings is 1. The molecule has 1 heterocycles. The van der Waals surface area contributed by atoms with Crippen LogP contribution < -0.4 is 5.32 Å². The molecule has 2 nitrogen and oxygen atoms in total. The normalized spacial score (nSPS) is 26.2. The average molecular weight is 283 g/mol. The molecule has 120 valence electrons. The number of hydrogen-bond acceptors (Lipinski definition) is 2. The summed E-state index contributed by atoms with van der Waals surface area (Å²) < 4.78 is 0. The first-order valence-electron chi connectivity index (χ1n) is 8.57. The summed E-state index contributed by atoms with van der Waals surface area (Å²) in [7, 11) is 0. The van der Waals surface area contributed by atoms with Crippen LogP contribution in [0.2, 0.25) is 0 Å². The Hall–Kier alpha value is -0.0800. The fraction of sp³-hybridized carbons (Fsp3) is 1.00. The Labute approximate surface area is 127 Å². The summed E-state index contributed by atoms with van der Waals surface area (Å²) >= 11 is 0. The van der Waals surface area contributed by atoms with Crippen LogP contribution in [-0.4, -0.2) is 35.6 Å². The minimum absolute atomic E-state index is 0.279. The van der Waals surface area contributed by atoms with E-state index in [1.807, 2.05) is 0 Å². The quantitative estimate of drug-likeness (QED) is 0.809. The average Bonchev–Trinajstić information content (AvgIpc) is 2.25. The summed E-state index contributed by atoms with van der Waals surface area (Å²) in [6, 6.07) is 1.34. The maximum Gasteiger partial charge on any atom is 0.0249 e. The fourth-order valence-corrected chi connectivity index (χ4v) is 4.07. The lowest BCUT2D eigenvalue weighted by Crippen LogP contribution is -2.64. The minimum Gasteiger partial charge on any atom is -0.311 e. The molecule has 2 unspecified atom stereocenters. The highest BCUT2D eigenvalue weighted by molar-refractivity contribution is 4.96. The van der Waals surface area contributed by atoms with E-state index in [1.54, 1.807) is 0 Å². The third kappa shape index (κ3) is 5.04. The molecule has 0 aromatic heterocycles. The molecule has 1 saturated heterocycles. The standard InChI is InChI=1S/C18H38N2/c1-9-10-15-12-20(16(11-19-15)14(2)3)18(7,8)13-17(4,5)6/h14-16,19H,9-13H2,1-8H3. The Morgan fingerprint density at radius 1 is 1.15 bits per heavy atom. The predicted octanol–water partition coefficient (Wildman–Crippen LogP) is 4.30. The molecular weight excluding hydrogens is 244 g/mol. The summed E-state index contributed by atoms with van der Waals surface area (Å²) in [5, 5.41) is 3.77. The van der Waals surface area contributed by atoms with Crippen molar-refractivity contribution in [3.63, 3.8) is 0 Å². The Bertz CT molecular complexity index is 288. The molecule has 0 spiro atoms. The summed E-state index contributed by atoms with van der Waals surface area (Å²) in [4.78, 5) is 2.81. The molecule has 1 aliphatic heterocycles. The van der Waals surface area contributed by atoms with Crippen LogP contribution >= 0.6 is 0 Å². The van der Waals surface area contributed by atoms with Crippen LogP contribution in [0, 0.1) is 11.3 Å². The van der Waals surface area contributed by atoms with E-state index in [0.29, 0.717) is 23.4 Å². The lowest BCUT2D eigenvalue weighted by molar-refractivity contribution is -0.0115. The van der Waals surface area contributed by atoms with Crippen LogP contribution in [0.25, 0.3) is 0 Å². The molecule has 0 saturated carbocycles. The van der Waals surface area contributed by atoms with E-state index in [2.05, 4.69) is 65.6 Å². The molecular formula is C18H38N2. The van der Waals surface area contributed by atoms with Gasteiger partial charge in [-0.05, 0) is 38.0 Å². The van der Waals surface area contributed by atoms with Gasteiger partial charge in [-0.1, -0.05) is 48.0 Å². The van der Waals surface area contributed by atoms with E-state index in [0.717, 1.165) is 6.54 Å². The molecule has 1 fully saturated rings. The van der Waals surface area contributed by atoms with Crippen molar-refractivity contribution < 1.29 is 0 Å². The van der Waals surface area contributed by atoms with E-state index in [4.69, 9.17) is 0 Å². The van der Waals surface area contributed by atoms with Gasteiger partial charge in [0.1, 0.15) is 0 Å². The molecule has 0 bridgehead atoms. The van der Waals surface area contributed by atoms with Crippen molar-refractivity contribution in [3.05, 3.63) is 0 Å². The zero-order valence-electron chi connectivity index (χ0n) is 15.2. The van der Waals surface area contributed by atoms with Gasteiger partial charge in [0.2, 0.25) is 0 Å². The van der Waals surface area contributed by atoms with Crippen LogP contribution in [0.5, 0.6) is 0 Å². The summed E-state index contributed by atoms with van der Waals surface area (Å²) in [5.74, 6) is 0.712. The van der Waals surface area contributed by atoms with Crippen LogP contribution in [0.15, 0.2) is 0 Å². The van der Waals surface area contributed by atoms with Crippen molar-refractivity contribution in [3.8, 4) is 0 Å². The first kappa shape index (κ1) is 18.0. The van der Waals surface area contributed by atoms with Gasteiger partial charge in [-0.15, -0.1) is 0 Å². The second-order valence-corrected chi connectivity index (χ2v) is 8.91. The van der Waals surface area contributed by atoms with E-state index < -0.39 is 0 Å². The predicted molar refractivity (Wildman–Crippen MR) is 90.2 cm³/mol. The fourth-order valence-electron chi connectivity index (χ4n) is 4.07. The molecule has 0 aromatic carbocycles. The maximum atomic E-state index is 3.77. The zero-order valence-corrected chi connectivity index (χ0v) is 15.2. The highest BCUT2D eigenvalue weighted by atomic mass is 15.3. The van der Waals surface area contributed by atoms with Gasteiger partial charge < -0.3 is 5.32 Å². The number of nitrogens with zero attached hydrogens (tertiary/aromatic N) is 1. The van der Waals surface area contributed by atoms with Gasteiger partial charge in [-0.25, -0.2) is 0 Å². The number of rotatable bonds is 5. The Morgan fingerprint density at radius 2 is 1.75 bits per heavy atom. The van der Waals surface area contributed by atoms with Crippen LogP contribution in [0.1, 0.15) is 74.7 Å². The molecule has 0 aliphatic carbocycles. The second kappa shape index (κ2) is 6.79. The van der Waals surface area contributed by atoms with Crippen molar-refractivity contribution in [2.45, 2.75) is 92.3 Å². The van der Waals surface area contributed by atoms with Gasteiger partial charge in [0, 0.05) is 30.7 Å². The Kier molecular flexibility index (Phi) is 6.10. The highest BCUT2D eigenvalue weighted by Gasteiger charge is 2.40. The van der Waals surface area contributed by atoms with Gasteiger partial charge in [0.25, 0.3) is 0 Å². The lowest BCUT2D eigenvalue weighted by atomic mass is 9.78. The summed E-state index contributed by atoms with van der Waals surface area (Å²) in [5.41, 5.74) is 0.664. The Morgan fingerprint density at radius 3 is 2.20 bits per heavy atom. The molecule has 0 aromatic rings. The van der Waals surface area contributed by atoms with Gasteiger partial charge in [-0.3, -0.25) is 4.90 Å².